The molecule has 0 saturated carbocycles. The molecule has 0 saturated heterocycles. The second-order valence-electron chi connectivity index (χ2n) is 3.96. The fourth-order valence-electron chi connectivity index (χ4n) is 2.16. The van der Waals surface area contributed by atoms with Crippen molar-refractivity contribution in [1.29, 1.82) is 0 Å². The van der Waals surface area contributed by atoms with E-state index in [1.165, 1.54) is 0 Å². The van der Waals surface area contributed by atoms with Crippen molar-refractivity contribution < 1.29 is 10.0 Å². The molecule has 1 heterocycles. The Kier molecular flexibility index (Phi) is 2.32. The lowest BCUT2D eigenvalue weighted by atomic mass is 9.76. The van der Waals surface area contributed by atoms with Crippen LogP contribution in [0.5, 0.6) is 0 Å². The van der Waals surface area contributed by atoms with Crippen LogP contribution in [0.1, 0.15) is 0 Å². The smallest absolute Gasteiger partial charge is 0.423 e. The summed E-state index contributed by atoms with van der Waals surface area (Å²) in [6.07, 6.45) is 1.74. The first-order valence-electron chi connectivity index (χ1n) is 5.40. The normalized spacial score (nSPS) is 10.9. The lowest BCUT2D eigenvalue weighted by Crippen LogP contribution is -2.30. The zero-order valence-corrected chi connectivity index (χ0v) is 9.04. The molecule has 0 radical (unpaired) electrons. The van der Waals surface area contributed by atoms with E-state index in [0.29, 0.717) is 5.46 Å². The number of hydrogen-bond acceptors (Lipinski definition) is 3. The van der Waals surface area contributed by atoms with E-state index in [2.05, 4.69) is 4.98 Å². The molecular weight excluding hydrogens is 213 g/mol. The standard InChI is InChI=1S/C13H10BNO2/c16-14(17)12-8-9-4-3-7-15-13(9)11-6-2-1-5-10(11)12/h1-8,16-17H. The van der Waals surface area contributed by atoms with Crippen LogP contribution in [0.2, 0.25) is 0 Å². The number of aromatic nitrogens is 1. The fraction of sp³-hybridized carbons (Fsp3) is 0. The number of rotatable bonds is 1. The Balaban J connectivity index is 2.55. The molecule has 0 aliphatic carbocycles. The lowest BCUT2D eigenvalue weighted by Gasteiger charge is -2.08. The number of nitrogens with zero attached hydrogens (tertiary/aromatic N) is 1. The van der Waals surface area contributed by atoms with Crippen LogP contribution in [0, 0.1) is 0 Å². The number of benzene rings is 2. The molecule has 1 aromatic heterocycles. The summed E-state index contributed by atoms with van der Waals surface area (Å²) < 4.78 is 0. The molecule has 0 fully saturated rings. The zero-order chi connectivity index (χ0) is 11.8. The molecule has 2 N–H and O–H groups in total. The third-order valence-electron chi connectivity index (χ3n) is 2.92. The third-order valence-corrected chi connectivity index (χ3v) is 2.92. The van der Waals surface area contributed by atoms with Crippen molar-refractivity contribution in [3.63, 3.8) is 0 Å². The van der Waals surface area contributed by atoms with Gasteiger partial charge in [0.15, 0.2) is 0 Å². The van der Waals surface area contributed by atoms with E-state index in [1.54, 1.807) is 12.3 Å². The van der Waals surface area contributed by atoms with Crippen LogP contribution in [-0.4, -0.2) is 22.2 Å². The molecule has 82 valence electrons. The molecule has 3 rings (SSSR count). The van der Waals surface area contributed by atoms with Crippen molar-refractivity contribution in [3.05, 3.63) is 48.7 Å². The monoisotopic (exact) mass is 223 g/mol. The lowest BCUT2D eigenvalue weighted by molar-refractivity contribution is 0.426. The van der Waals surface area contributed by atoms with E-state index >= 15 is 0 Å². The Labute approximate surface area is 98.5 Å². The number of fused-ring (bicyclic) bond motifs is 3. The van der Waals surface area contributed by atoms with E-state index in [4.69, 9.17) is 0 Å². The Morgan fingerprint density at radius 1 is 0.941 bits per heavy atom. The van der Waals surface area contributed by atoms with E-state index in [1.807, 2.05) is 36.4 Å². The van der Waals surface area contributed by atoms with Crippen molar-refractivity contribution in [2.45, 2.75) is 0 Å². The first-order valence-corrected chi connectivity index (χ1v) is 5.40. The summed E-state index contributed by atoms with van der Waals surface area (Å²) in [5.41, 5.74) is 1.40. The van der Waals surface area contributed by atoms with Crippen molar-refractivity contribution in [2.75, 3.05) is 0 Å². The van der Waals surface area contributed by atoms with Gasteiger partial charge in [0.2, 0.25) is 0 Å². The second-order valence-corrected chi connectivity index (χ2v) is 3.96. The molecule has 17 heavy (non-hydrogen) atoms. The Morgan fingerprint density at radius 2 is 1.71 bits per heavy atom. The highest BCUT2D eigenvalue weighted by Gasteiger charge is 2.16. The molecule has 2 aromatic carbocycles. The minimum Gasteiger partial charge on any atom is -0.423 e. The SMILES string of the molecule is OB(O)c1cc2cccnc2c2ccccc12. The van der Waals surface area contributed by atoms with Crippen LogP contribution < -0.4 is 5.46 Å². The van der Waals surface area contributed by atoms with Gasteiger partial charge in [0.05, 0.1) is 5.52 Å². The molecule has 0 amide bonds. The quantitative estimate of drug-likeness (QED) is 0.479. The van der Waals surface area contributed by atoms with Crippen LogP contribution in [0.3, 0.4) is 0 Å². The average Bonchev–Trinajstić information content (AvgIpc) is 2.37. The summed E-state index contributed by atoms with van der Waals surface area (Å²) in [6.45, 7) is 0. The van der Waals surface area contributed by atoms with E-state index in [0.717, 1.165) is 21.7 Å². The first kappa shape index (κ1) is 10.3. The van der Waals surface area contributed by atoms with E-state index in [9.17, 15) is 10.0 Å². The van der Waals surface area contributed by atoms with Crippen molar-refractivity contribution in [1.82, 2.24) is 4.98 Å². The van der Waals surface area contributed by atoms with Crippen molar-refractivity contribution in [2.24, 2.45) is 0 Å². The fourth-order valence-corrected chi connectivity index (χ4v) is 2.16. The predicted octanol–water partition coefficient (Wildman–Crippen LogP) is 1.07. The van der Waals surface area contributed by atoms with Gasteiger partial charge in [0.1, 0.15) is 0 Å². The molecule has 0 bridgehead atoms. The highest BCUT2D eigenvalue weighted by atomic mass is 16.4. The van der Waals surface area contributed by atoms with Gasteiger partial charge in [0.25, 0.3) is 0 Å². The molecule has 0 unspecified atom stereocenters. The summed E-state index contributed by atoms with van der Waals surface area (Å²) in [5, 5.41) is 21.5. The van der Waals surface area contributed by atoms with E-state index < -0.39 is 7.12 Å². The highest BCUT2D eigenvalue weighted by Crippen LogP contribution is 2.21. The molecule has 3 aromatic rings. The summed E-state index contributed by atoms with van der Waals surface area (Å²) in [7, 11) is -1.47. The van der Waals surface area contributed by atoms with Gasteiger partial charge >= 0.3 is 7.12 Å². The number of pyridine rings is 1. The first-order chi connectivity index (χ1) is 8.27. The van der Waals surface area contributed by atoms with Gasteiger partial charge in [-0.2, -0.15) is 0 Å². The Morgan fingerprint density at radius 3 is 2.47 bits per heavy atom. The average molecular weight is 223 g/mol. The molecule has 0 aliphatic heterocycles. The molecule has 4 heteroatoms. The third kappa shape index (κ3) is 1.58. The van der Waals surface area contributed by atoms with Gasteiger partial charge in [-0.15, -0.1) is 0 Å². The molecule has 3 nitrogen and oxygen atoms in total. The summed E-state index contributed by atoms with van der Waals surface area (Å²) in [5.74, 6) is 0. The molecular formula is C13H10BNO2. The van der Waals surface area contributed by atoms with Crippen LogP contribution in [-0.2, 0) is 0 Å². The van der Waals surface area contributed by atoms with Crippen LogP contribution in [0.4, 0.5) is 0 Å². The molecule has 0 spiro atoms. The predicted molar refractivity (Wildman–Crippen MR) is 69.1 cm³/mol. The maximum Gasteiger partial charge on any atom is 0.489 e. The van der Waals surface area contributed by atoms with Gasteiger partial charge in [-0.25, -0.2) is 0 Å². The second kappa shape index (κ2) is 3.84. The van der Waals surface area contributed by atoms with Crippen molar-refractivity contribution in [3.8, 4) is 0 Å². The van der Waals surface area contributed by atoms with Gasteiger partial charge in [0, 0.05) is 17.0 Å². The Bertz CT molecular complexity index is 697. The van der Waals surface area contributed by atoms with Gasteiger partial charge < -0.3 is 10.0 Å². The van der Waals surface area contributed by atoms with Crippen LogP contribution >= 0.6 is 0 Å². The summed E-state index contributed by atoms with van der Waals surface area (Å²) in [6, 6.07) is 13.1. The maximum absolute atomic E-state index is 9.42. The zero-order valence-electron chi connectivity index (χ0n) is 9.04. The summed E-state index contributed by atoms with van der Waals surface area (Å²) >= 11 is 0. The largest absolute Gasteiger partial charge is 0.489 e. The van der Waals surface area contributed by atoms with E-state index in [-0.39, 0.29) is 0 Å². The van der Waals surface area contributed by atoms with Crippen LogP contribution in [0.15, 0.2) is 48.7 Å². The number of hydrogen-bond donors (Lipinski definition) is 2. The van der Waals surface area contributed by atoms with Gasteiger partial charge in [-0.3, -0.25) is 4.98 Å². The molecule has 0 aliphatic rings. The highest BCUT2D eigenvalue weighted by molar-refractivity contribution is 6.62. The van der Waals surface area contributed by atoms with Crippen molar-refractivity contribution >= 4 is 34.3 Å². The van der Waals surface area contributed by atoms with Gasteiger partial charge in [-0.1, -0.05) is 36.4 Å². The molecule has 0 atom stereocenters. The van der Waals surface area contributed by atoms with Gasteiger partial charge in [-0.05, 0) is 16.9 Å². The maximum atomic E-state index is 9.42. The van der Waals surface area contributed by atoms with Crippen LogP contribution in [0.25, 0.3) is 21.7 Å². The summed E-state index contributed by atoms with van der Waals surface area (Å²) in [4.78, 5) is 4.35. The minimum absolute atomic E-state index is 0.515. The minimum atomic E-state index is -1.47. The topological polar surface area (TPSA) is 53.4 Å². The Hall–Kier alpha value is -1.91.